The van der Waals surface area contributed by atoms with Gasteiger partial charge in [-0.25, -0.2) is 9.79 Å². The maximum absolute atomic E-state index is 11.7. The van der Waals surface area contributed by atoms with E-state index in [1.54, 1.807) is 18.2 Å². The summed E-state index contributed by atoms with van der Waals surface area (Å²) in [7, 11) is 2.93. The molecule has 6 heteroatoms. The molecule has 0 amide bonds. The molecule has 19 heavy (non-hydrogen) atoms. The minimum Gasteiger partial charge on any atom is -0.507 e. The van der Waals surface area contributed by atoms with Gasteiger partial charge in [-0.05, 0) is 12.1 Å². The van der Waals surface area contributed by atoms with Crippen molar-refractivity contribution in [2.45, 2.75) is 0 Å². The summed E-state index contributed by atoms with van der Waals surface area (Å²) in [4.78, 5) is 27.3. The second kappa shape index (κ2) is 4.93. The van der Waals surface area contributed by atoms with Crippen molar-refractivity contribution in [3.63, 3.8) is 0 Å². The SMILES string of the molecule is Cn1c(N=Cc2ccccc2O)cc(=O)n(C)c1=O. The average Bonchev–Trinajstić information content (AvgIpc) is 2.40. The fraction of sp³-hybridized carbons (Fsp3) is 0.154. The zero-order chi connectivity index (χ0) is 14.0. The van der Waals surface area contributed by atoms with Crippen molar-refractivity contribution in [3.05, 3.63) is 56.7 Å². The molecule has 0 unspecified atom stereocenters. The van der Waals surface area contributed by atoms with Gasteiger partial charge in [0.15, 0.2) is 0 Å². The van der Waals surface area contributed by atoms with Crippen molar-refractivity contribution in [1.29, 1.82) is 0 Å². The van der Waals surface area contributed by atoms with Crippen LogP contribution < -0.4 is 11.2 Å². The summed E-state index contributed by atoms with van der Waals surface area (Å²) >= 11 is 0. The van der Waals surface area contributed by atoms with Gasteiger partial charge in [0.1, 0.15) is 11.6 Å². The third-order valence-corrected chi connectivity index (χ3v) is 2.77. The largest absolute Gasteiger partial charge is 0.507 e. The normalized spacial score (nSPS) is 11.1. The number of aromatic hydroxyl groups is 1. The Hall–Kier alpha value is -2.63. The Labute approximate surface area is 108 Å². The number of aromatic nitrogens is 2. The quantitative estimate of drug-likeness (QED) is 0.800. The van der Waals surface area contributed by atoms with Crippen LogP contribution in [0.25, 0.3) is 0 Å². The minimum absolute atomic E-state index is 0.0834. The van der Waals surface area contributed by atoms with Crippen LogP contribution in [-0.4, -0.2) is 20.5 Å². The second-order valence-corrected chi connectivity index (χ2v) is 4.06. The molecule has 0 aliphatic heterocycles. The Morgan fingerprint density at radius 1 is 1.16 bits per heavy atom. The summed E-state index contributed by atoms with van der Waals surface area (Å²) in [6.45, 7) is 0. The number of aliphatic imine (C=N–C) groups is 1. The molecular formula is C13H13N3O3. The third-order valence-electron chi connectivity index (χ3n) is 2.77. The Bertz CT molecular complexity index is 756. The van der Waals surface area contributed by atoms with Gasteiger partial charge in [-0.15, -0.1) is 0 Å². The van der Waals surface area contributed by atoms with Gasteiger partial charge in [-0.3, -0.25) is 13.9 Å². The van der Waals surface area contributed by atoms with E-state index in [0.29, 0.717) is 5.56 Å². The lowest BCUT2D eigenvalue weighted by Crippen LogP contribution is -2.35. The van der Waals surface area contributed by atoms with Gasteiger partial charge in [-0.1, -0.05) is 12.1 Å². The van der Waals surface area contributed by atoms with Crippen LogP contribution in [0.1, 0.15) is 5.56 Å². The van der Waals surface area contributed by atoms with Crippen LogP contribution in [0.15, 0.2) is 44.9 Å². The Balaban J connectivity index is 2.48. The molecule has 2 rings (SSSR count). The average molecular weight is 259 g/mol. The molecule has 98 valence electrons. The first kappa shape index (κ1) is 12.8. The summed E-state index contributed by atoms with van der Waals surface area (Å²) in [5.74, 6) is 0.316. The summed E-state index contributed by atoms with van der Waals surface area (Å²) < 4.78 is 2.26. The van der Waals surface area contributed by atoms with Gasteiger partial charge in [-0.2, -0.15) is 0 Å². The van der Waals surface area contributed by atoms with Gasteiger partial charge >= 0.3 is 5.69 Å². The molecule has 1 N–H and O–H groups in total. The lowest BCUT2D eigenvalue weighted by Gasteiger charge is -2.04. The van der Waals surface area contributed by atoms with E-state index in [-0.39, 0.29) is 11.6 Å². The van der Waals surface area contributed by atoms with E-state index >= 15 is 0 Å². The van der Waals surface area contributed by atoms with Crippen LogP contribution in [0.4, 0.5) is 5.82 Å². The van der Waals surface area contributed by atoms with Crippen LogP contribution in [0, 0.1) is 0 Å². The molecule has 1 aromatic heterocycles. The second-order valence-electron chi connectivity index (χ2n) is 4.06. The first-order valence-electron chi connectivity index (χ1n) is 5.60. The molecule has 0 saturated carbocycles. The number of phenolic OH excluding ortho intramolecular Hbond substituents is 1. The van der Waals surface area contributed by atoms with E-state index in [1.165, 1.54) is 37.0 Å². The predicted molar refractivity (Wildman–Crippen MR) is 72.3 cm³/mol. The highest BCUT2D eigenvalue weighted by Crippen LogP contribution is 2.14. The minimum atomic E-state index is -0.447. The first-order chi connectivity index (χ1) is 9.00. The van der Waals surface area contributed by atoms with E-state index in [4.69, 9.17) is 0 Å². The standard InChI is InChI=1S/C13H13N3O3/c1-15-11(7-12(18)16(2)13(15)19)14-8-9-5-3-4-6-10(9)17/h3-8,17H,1-2H3. The van der Waals surface area contributed by atoms with Crippen molar-refractivity contribution in [2.24, 2.45) is 19.1 Å². The first-order valence-corrected chi connectivity index (χ1v) is 5.60. The van der Waals surface area contributed by atoms with E-state index < -0.39 is 11.2 Å². The number of benzene rings is 1. The highest BCUT2D eigenvalue weighted by molar-refractivity contribution is 5.84. The van der Waals surface area contributed by atoms with Crippen LogP contribution in [-0.2, 0) is 14.1 Å². The molecule has 0 aliphatic carbocycles. The Kier molecular flexibility index (Phi) is 3.33. The topological polar surface area (TPSA) is 76.6 Å². The van der Waals surface area contributed by atoms with E-state index in [2.05, 4.69) is 4.99 Å². The van der Waals surface area contributed by atoms with Crippen molar-refractivity contribution in [2.75, 3.05) is 0 Å². The van der Waals surface area contributed by atoms with Crippen LogP contribution in [0.3, 0.4) is 0 Å². The van der Waals surface area contributed by atoms with Crippen LogP contribution in [0.5, 0.6) is 5.75 Å². The highest BCUT2D eigenvalue weighted by atomic mass is 16.3. The molecule has 1 heterocycles. The Morgan fingerprint density at radius 2 is 1.84 bits per heavy atom. The molecule has 0 aliphatic rings. The molecule has 1 aromatic carbocycles. The van der Waals surface area contributed by atoms with Crippen molar-refractivity contribution in [3.8, 4) is 5.75 Å². The zero-order valence-electron chi connectivity index (χ0n) is 10.6. The number of hydrogen-bond acceptors (Lipinski definition) is 4. The summed E-state index contributed by atoms with van der Waals surface area (Å²) in [5, 5.41) is 9.59. The number of rotatable bonds is 2. The van der Waals surface area contributed by atoms with Gasteiger partial charge in [0.05, 0.1) is 0 Å². The zero-order valence-corrected chi connectivity index (χ0v) is 10.6. The molecular weight excluding hydrogens is 246 g/mol. The lowest BCUT2D eigenvalue weighted by atomic mass is 10.2. The van der Waals surface area contributed by atoms with Gasteiger partial charge in [0, 0.05) is 31.9 Å². The van der Waals surface area contributed by atoms with Crippen LogP contribution in [0.2, 0.25) is 0 Å². The molecule has 0 atom stereocenters. The van der Waals surface area contributed by atoms with E-state index in [0.717, 1.165) is 4.57 Å². The van der Waals surface area contributed by atoms with Gasteiger partial charge in [0.2, 0.25) is 0 Å². The maximum atomic E-state index is 11.7. The smallest absolute Gasteiger partial charge is 0.332 e. The van der Waals surface area contributed by atoms with Gasteiger partial charge in [0.25, 0.3) is 5.56 Å². The lowest BCUT2D eigenvalue weighted by molar-refractivity contribution is 0.474. The number of nitrogens with zero attached hydrogens (tertiary/aromatic N) is 3. The summed E-state index contributed by atoms with van der Waals surface area (Å²) in [6, 6.07) is 7.92. The molecule has 0 fully saturated rings. The molecule has 0 radical (unpaired) electrons. The number of hydrogen-bond donors (Lipinski definition) is 1. The molecule has 0 saturated heterocycles. The molecule has 2 aromatic rings. The predicted octanol–water partition coefficient (Wildman–Crippen LogP) is 0.540. The molecule has 0 bridgehead atoms. The van der Waals surface area contributed by atoms with Gasteiger partial charge < -0.3 is 5.11 Å². The number of para-hydroxylation sites is 1. The van der Waals surface area contributed by atoms with Crippen molar-refractivity contribution in [1.82, 2.24) is 9.13 Å². The maximum Gasteiger partial charge on any atom is 0.332 e. The third kappa shape index (κ3) is 2.47. The van der Waals surface area contributed by atoms with Crippen molar-refractivity contribution >= 4 is 12.0 Å². The number of phenols is 1. The fourth-order valence-electron chi connectivity index (χ4n) is 1.58. The summed E-state index contributed by atoms with van der Waals surface area (Å²) in [5.41, 5.74) is -0.361. The summed E-state index contributed by atoms with van der Waals surface area (Å²) in [6.07, 6.45) is 1.41. The Morgan fingerprint density at radius 3 is 2.53 bits per heavy atom. The molecule has 6 nitrogen and oxygen atoms in total. The van der Waals surface area contributed by atoms with E-state index in [9.17, 15) is 14.7 Å². The van der Waals surface area contributed by atoms with Crippen molar-refractivity contribution < 1.29 is 5.11 Å². The van der Waals surface area contributed by atoms with E-state index in [1.807, 2.05) is 0 Å². The highest BCUT2D eigenvalue weighted by Gasteiger charge is 2.04. The molecule has 0 spiro atoms. The van der Waals surface area contributed by atoms with Crippen LogP contribution >= 0.6 is 0 Å². The monoisotopic (exact) mass is 259 g/mol. The fourth-order valence-corrected chi connectivity index (χ4v) is 1.58.